The van der Waals surface area contributed by atoms with Crippen LogP contribution in [0.2, 0.25) is 5.02 Å². The van der Waals surface area contributed by atoms with Crippen LogP contribution in [0.5, 0.6) is 0 Å². The Balaban J connectivity index is 1.86. The standard InChI is InChI=1S/C14H20ClNO/c1-10-7-12(15)4-3-11(10)9-16-13-5-6-14(8-13)17-2/h3-4,7,13-14,16H,5-6,8-9H2,1-2H3. The number of halogens is 1. The highest BCUT2D eigenvalue weighted by Crippen LogP contribution is 2.22. The fourth-order valence-electron chi connectivity index (χ4n) is 2.45. The van der Waals surface area contributed by atoms with Gasteiger partial charge >= 0.3 is 0 Å². The molecule has 1 aliphatic carbocycles. The largest absolute Gasteiger partial charge is 0.381 e. The van der Waals surface area contributed by atoms with Crippen molar-refractivity contribution in [1.82, 2.24) is 5.32 Å². The first-order valence-corrected chi connectivity index (χ1v) is 6.58. The lowest BCUT2D eigenvalue weighted by atomic mass is 10.1. The molecule has 1 N–H and O–H groups in total. The molecule has 0 saturated heterocycles. The van der Waals surface area contributed by atoms with Gasteiger partial charge in [0.15, 0.2) is 0 Å². The average molecular weight is 254 g/mol. The summed E-state index contributed by atoms with van der Waals surface area (Å²) in [5, 5.41) is 4.41. The van der Waals surface area contributed by atoms with E-state index in [4.69, 9.17) is 16.3 Å². The van der Waals surface area contributed by atoms with Crippen molar-refractivity contribution in [1.29, 1.82) is 0 Å². The molecule has 0 aliphatic heterocycles. The number of hydrogen-bond donors (Lipinski definition) is 1. The highest BCUT2D eigenvalue weighted by atomic mass is 35.5. The van der Waals surface area contributed by atoms with Gasteiger partial charge in [-0.25, -0.2) is 0 Å². The minimum absolute atomic E-state index is 0.443. The number of methoxy groups -OCH3 is 1. The molecule has 1 aliphatic rings. The third kappa shape index (κ3) is 3.44. The monoisotopic (exact) mass is 253 g/mol. The molecule has 0 spiro atoms. The van der Waals surface area contributed by atoms with Crippen molar-refractivity contribution >= 4 is 11.6 Å². The van der Waals surface area contributed by atoms with E-state index in [1.807, 2.05) is 12.1 Å². The van der Waals surface area contributed by atoms with Gasteiger partial charge in [-0.05, 0) is 49.4 Å². The van der Waals surface area contributed by atoms with Crippen LogP contribution in [0, 0.1) is 6.92 Å². The molecule has 1 aromatic carbocycles. The summed E-state index contributed by atoms with van der Waals surface area (Å²) in [5.41, 5.74) is 2.58. The Morgan fingerprint density at radius 2 is 2.24 bits per heavy atom. The fourth-order valence-corrected chi connectivity index (χ4v) is 2.68. The van der Waals surface area contributed by atoms with E-state index >= 15 is 0 Å². The summed E-state index contributed by atoms with van der Waals surface area (Å²) in [5.74, 6) is 0. The Morgan fingerprint density at radius 1 is 1.41 bits per heavy atom. The number of rotatable bonds is 4. The van der Waals surface area contributed by atoms with E-state index in [0.29, 0.717) is 12.1 Å². The molecule has 94 valence electrons. The lowest BCUT2D eigenvalue weighted by molar-refractivity contribution is 0.107. The third-order valence-corrected chi connectivity index (χ3v) is 3.84. The molecule has 0 bridgehead atoms. The van der Waals surface area contributed by atoms with Gasteiger partial charge in [-0.3, -0.25) is 0 Å². The minimum Gasteiger partial charge on any atom is -0.381 e. The van der Waals surface area contributed by atoms with Crippen molar-refractivity contribution in [3.8, 4) is 0 Å². The summed E-state index contributed by atoms with van der Waals surface area (Å²) in [6.07, 6.45) is 3.96. The van der Waals surface area contributed by atoms with Crippen molar-refractivity contribution in [3.05, 3.63) is 34.3 Å². The molecular formula is C14H20ClNO. The molecule has 0 heterocycles. The summed E-state index contributed by atoms with van der Waals surface area (Å²) in [7, 11) is 1.80. The van der Waals surface area contributed by atoms with Crippen LogP contribution < -0.4 is 5.32 Å². The Labute approximate surface area is 108 Å². The topological polar surface area (TPSA) is 21.3 Å². The molecule has 2 atom stereocenters. The molecule has 17 heavy (non-hydrogen) atoms. The Hall–Kier alpha value is -0.570. The lowest BCUT2D eigenvalue weighted by Gasteiger charge is -2.14. The van der Waals surface area contributed by atoms with Gasteiger partial charge < -0.3 is 10.1 Å². The van der Waals surface area contributed by atoms with Gasteiger partial charge in [0.2, 0.25) is 0 Å². The van der Waals surface area contributed by atoms with Crippen LogP contribution >= 0.6 is 11.6 Å². The second-order valence-electron chi connectivity index (χ2n) is 4.82. The first-order chi connectivity index (χ1) is 8.19. The number of hydrogen-bond acceptors (Lipinski definition) is 2. The van der Waals surface area contributed by atoms with Crippen LogP contribution in [0.25, 0.3) is 0 Å². The molecular weight excluding hydrogens is 234 g/mol. The maximum Gasteiger partial charge on any atom is 0.0586 e. The SMILES string of the molecule is COC1CCC(NCc2ccc(Cl)cc2C)C1. The second-order valence-corrected chi connectivity index (χ2v) is 5.26. The number of aryl methyl sites for hydroxylation is 1. The van der Waals surface area contributed by atoms with E-state index in [9.17, 15) is 0 Å². The molecule has 1 fully saturated rings. The molecule has 0 aromatic heterocycles. The summed E-state index contributed by atoms with van der Waals surface area (Å²) < 4.78 is 5.38. The van der Waals surface area contributed by atoms with Crippen LogP contribution in [0.3, 0.4) is 0 Å². The van der Waals surface area contributed by atoms with Crippen LogP contribution in [0.4, 0.5) is 0 Å². The van der Waals surface area contributed by atoms with Crippen molar-refractivity contribution in [2.45, 2.75) is 44.9 Å². The van der Waals surface area contributed by atoms with Gasteiger partial charge in [0.1, 0.15) is 0 Å². The summed E-state index contributed by atoms with van der Waals surface area (Å²) in [4.78, 5) is 0. The zero-order chi connectivity index (χ0) is 12.3. The van der Waals surface area contributed by atoms with Crippen molar-refractivity contribution < 1.29 is 4.74 Å². The van der Waals surface area contributed by atoms with Crippen LogP contribution in [-0.4, -0.2) is 19.3 Å². The van der Waals surface area contributed by atoms with Crippen LogP contribution in [0.1, 0.15) is 30.4 Å². The van der Waals surface area contributed by atoms with Crippen molar-refractivity contribution in [3.63, 3.8) is 0 Å². The molecule has 2 unspecified atom stereocenters. The maximum atomic E-state index is 5.95. The Morgan fingerprint density at radius 3 is 2.88 bits per heavy atom. The summed E-state index contributed by atoms with van der Waals surface area (Å²) >= 11 is 5.95. The highest BCUT2D eigenvalue weighted by Gasteiger charge is 2.23. The molecule has 2 nitrogen and oxygen atoms in total. The summed E-state index contributed by atoms with van der Waals surface area (Å²) in [6.45, 7) is 3.03. The molecule has 3 heteroatoms. The van der Waals surface area contributed by atoms with E-state index in [1.165, 1.54) is 24.0 Å². The fraction of sp³-hybridized carbons (Fsp3) is 0.571. The van der Waals surface area contributed by atoms with Gasteiger partial charge in [-0.2, -0.15) is 0 Å². The molecule has 0 amide bonds. The van der Waals surface area contributed by atoms with E-state index in [-0.39, 0.29) is 0 Å². The number of nitrogens with one attached hydrogen (secondary N) is 1. The highest BCUT2D eigenvalue weighted by molar-refractivity contribution is 6.30. The quantitative estimate of drug-likeness (QED) is 0.889. The molecule has 0 radical (unpaired) electrons. The van der Waals surface area contributed by atoms with E-state index < -0.39 is 0 Å². The summed E-state index contributed by atoms with van der Waals surface area (Å²) in [6, 6.07) is 6.67. The Kier molecular flexibility index (Phi) is 4.43. The molecule has 1 saturated carbocycles. The predicted molar refractivity (Wildman–Crippen MR) is 71.5 cm³/mol. The lowest BCUT2D eigenvalue weighted by Crippen LogP contribution is -2.26. The van der Waals surface area contributed by atoms with Gasteiger partial charge in [0.25, 0.3) is 0 Å². The third-order valence-electron chi connectivity index (χ3n) is 3.60. The van der Waals surface area contributed by atoms with Gasteiger partial charge in [0, 0.05) is 24.7 Å². The molecule has 1 aromatic rings. The van der Waals surface area contributed by atoms with Crippen LogP contribution in [-0.2, 0) is 11.3 Å². The Bertz CT molecular complexity index is 380. The van der Waals surface area contributed by atoms with Gasteiger partial charge in [-0.1, -0.05) is 17.7 Å². The number of ether oxygens (including phenoxy) is 1. The van der Waals surface area contributed by atoms with Gasteiger partial charge in [0.05, 0.1) is 6.10 Å². The second kappa shape index (κ2) is 5.85. The maximum absolute atomic E-state index is 5.95. The zero-order valence-corrected chi connectivity index (χ0v) is 11.3. The average Bonchev–Trinajstić information content (AvgIpc) is 2.76. The number of benzene rings is 1. The minimum atomic E-state index is 0.443. The van der Waals surface area contributed by atoms with E-state index in [0.717, 1.165) is 18.0 Å². The van der Waals surface area contributed by atoms with Crippen LogP contribution in [0.15, 0.2) is 18.2 Å². The van der Waals surface area contributed by atoms with E-state index in [2.05, 4.69) is 18.3 Å². The first kappa shape index (κ1) is 12.9. The van der Waals surface area contributed by atoms with Gasteiger partial charge in [-0.15, -0.1) is 0 Å². The molecule has 2 rings (SSSR count). The predicted octanol–water partition coefficient (Wildman–Crippen LogP) is 3.31. The first-order valence-electron chi connectivity index (χ1n) is 6.20. The van der Waals surface area contributed by atoms with Crippen molar-refractivity contribution in [2.75, 3.05) is 7.11 Å². The zero-order valence-electron chi connectivity index (χ0n) is 10.5. The van der Waals surface area contributed by atoms with E-state index in [1.54, 1.807) is 7.11 Å². The normalized spacial score (nSPS) is 24.2. The smallest absolute Gasteiger partial charge is 0.0586 e. The van der Waals surface area contributed by atoms with Crippen molar-refractivity contribution in [2.24, 2.45) is 0 Å².